The number of nitrogens with zero attached hydrogens (tertiary/aromatic N) is 1. The van der Waals surface area contributed by atoms with E-state index in [-0.39, 0.29) is 0 Å². The summed E-state index contributed by atoms with van der Waals surface area (Å²) in [5.41, 5.74) is 8.89. The van der Waals surface area contributed by atoms with E-state index in [1.165, 1.54) is 33.4 Å². The molecule has 196 valence electrons. The minimum Gasteiger partial charge on any atom is -0.265 e. The molecule has 0 fully saturated rings. The molecule has 0 spiro atoms. The first kappa shape index (κ1) is 31.8. The number of aromatic nitrogens is 1. The number of aryl methyl sites for hydroxylation is 3. The lowest BCUT2D eigenvalue weighted by Gasteiger charge is -1.99. The summed E-state index contributed by atoms with van der Waals surface area (Å²) in [7, 11) is 0. The molecular weight excluding hydrogens is 458 g/mol. The van der Waals surface area contributed by atoms with Crippen molar-refractivity contribution in [2.75, 3.05) is 0 Å². The van der Waals surface area contributed by atoms with E-state index in [2.05, 4.69) is 119 Å². The summed E-state index contributed by atoms with van der Waals surface area (Å²) in [6, 6.07) is 29.0. The molecule has 1 heterocycles. The van der Waals surface area contributed by atoms with Crippen LogP contribution in [0.1, 0.15) is 59.7 Å². The molecule has 1 nitrogen and oxygen atoms in total. The van der Waals surface area contributed by atoms with Crippen LogP contribution in [0.4, 0.5) is 0 Å². The van der Waals surface area contributed by atoms with E-state index in [0.29, 0.717) is 0 Å². The van der Waals surface area contributed by atoms with E-state index in [4.69, 9.17) is 0 Å². The van der Waals surface area contributed by atoms with Crippen LogP contribution in [0.15, 0.2) is 124 Å². The number of rotatable bonds is 7. The molecule has 0 amide bonds. The Hall–Kier alpha value is -4.23. The lowest BCUT2D eigenvalue weighted by molar-refractivity contribution is 1.13. The van der Waals surface area contributed by atoms with E-state index in [1.54, 1.807) is 18.5 Å². The molecule has 0 N–H and O–H groups in total. The number of benzene rings is 3. The van der Waals surface area contributed by atoms with Gasteiger partial charge in [-0.2, -0.15) is 0 Å². The van der Waals surface area contributed by atoms with Gasteiger partial charge in [0.1, 0.15) is 0 Å². The van der Waals surface area contributed by atoms with Gasteiger partial charge in [-0.25, -0.2) is 0 Å². The highest BCUT2D eigenvalue weighted by Crippen LogP contribution is 2.10. The molecule has 4 aromatic rings. The van der Waals surface area contributed by atoms with Crippen molar-refractivity contribution in [3.8, 4) is 0 Å². The fourth-order valence-electron chi connectivity index (χ4n) is 3.38. The molecule has 0 aliphatic carbocycles. The first-order valence-electron chi connectivity index (χ1n) is 13.2. The summed E-state index contributed by atoms with van der Waals surface area (Å²) < 4.78 is 0. The number of hydrogen-bond donors (Lipinski definition) is 0. The zero-order chi connectivity index (χ0) is 28.0. The Balaban J connectivity index is 0.000000254. The normalized spacial score (nSPS) is 9.13. The molecule has 1 aromatic heterocycles. The number of hydrogen-bond acceptors (Lipinski definition) is 1. The van der Waals surface area contributed by atoms with Gasteiger partial charge in [0.25, 0.3) is 0 Å². The minimum absolute atomic E-state index is 1.09. The zero-order valence-electron chi connectivity index (χ0n) is 23.4. The maximum Gasteiger partial charge on any atom is 0.0273 e. The molecule has 0 aliphatic heterocycles. The minimum atomic E-state index is 1.09. The van der Waals surface area contributed by atoms with E-state index in [9.17, 15) is 0 Å². The molecule has 0 unspecified atom stereocenters. The van der Waals surface area contributed by atoms with Crippen LogP contribution >= 0.6 is 0 Å². The van der Waals surface area contributed by atoms with Crippen molar-refractivity contribution in [3.05, 3.63) is 163 Å². The third-order valence-corrected chi connectivity index (χ3v) is 5.82. The molecule has 0 radical (unpaired) electrons. The van der Waals surface area contributed by atoms with Crippen molar-refractivity contribution >= 4 is 24.3 Å². The second-order valence-electron chi connectivity index (χ2n) is 8.34. The van der Waals surface area contributed by atoms with E-state index >= 15 is 0 Å². The highest BCUT2D eigenvalue weighted by Gasteiger charge is 1.92. The van der Waals surface area contributed by atoms with Gasteiger partial charge in [0, 0.05) is 12.4 Å². The fraction of sp³-hybridized carbons (Fsp3) is 0.162. The molecule has 0 saturated carbocycles. The van der Waals surface area contributed by atoms with Gasteiger partial charge in [-0.05, 0) is 70.3 Å². The molecule has 0 aliphatic rings. The van der Waals surface area contributed by atoms with Gasteiger partial charge in [0.15, 0.2) is 0 Å². The Morgan fingerprint density at radius 1 is 0.526 bits per heavy atom. The quantitative estimate of drug-likeness (QED) is 0.245. The molecule has 4 rings (SSSR count). The Kier molecular flexibility index (Phi) is 16.7. The van der Waals surface area contributed by atoms with Gasteiger partial charge in [-0.15, -0.1) is 0 Å². The van der Waals surface area contributed by atoms with Gasteiger partial charge < -0.3 is 0 Å². The third-order valence-electron chi connectivity index (χ3n) is 5.82. The fourth-order valence-corrected chi connectivity index (χ4v) is 3.38. The molecule has 3 aromatic carbocycles. The van der Waals surface area contributed by atoms with Crippen molar-refractivity contribution in [3.63, 3.8) is 0 Å². The lowest BCUT2D eigenvalue weighted by Crippen LogP contribution is -1.83. The van der Waals surface area contributed by atoms with Crippen molar-refractivity contribution in [1.82, 2.24) is 4.98 Å². The summed E-state index contributed by atoms with van der Waals surface area (Å²) in [5.74, 6) is 0. The van der Waals surface area contributed by atoms with Crippen LogP contribution in [0.5, 0.6) is 0 Å². The van der Waals surface area contributed by atoms with Crippen LogP contribution in [-0.2, 0) is 19.3 Å². The van der Waals surface area contributed by atoms with E-state index in [1.807, 2.05) is 36.4 Å². The largest absolute Gasteiger partial charge is 0.265 e. The first-order chi connectivity index (χ1) is 18.5. The third kappa shape index (κ3) is 12.6. The van der Waals surface area contributed by atoms with Crippen molar-refractivity contribution < 1.29 is 0 Å². The molecule has 0 atom stereocenters. The molecule has 0 saturated heterocycles. The maximum atomic E-state index is 3.85. The van der Waals surface area contributed by atoms with Crippen LogP contribution in [0.2, 0.25) is 0 Å². The summed E-state index contributed by atoms with van der Waals surface area (Å²) >= 11 is 0. The molecular formula is C37H43N. The standard InChI is InChI=1S/3C10H12.C7H7N/c1-3-9-5-7-10(4-2)8-6-9;1-3-9-6-5-7-10(4-2)8-9;1-3-9-7-5-6-8-10(9)4-2;1-2-7-3-5-8-6-4-7/h3*3,5-8H,1,4H2,2H3;2-6H,1H2. The predicted molar refractivity (Wildman–Crippen MR) is 172 cm³/mol. The van der Waals surface area contributed by atoms with Crippen LogP contribution < -0.4 is 0 Å². The van der Waals surface area contributed by atoms with Gasteiger partial charge in [-0.3, -0.25) is 4.98 Å². The highest BCUT2D eigenvalue weighted by molar-refractivity contribution is 5.51. The number of pyridine rings is 1. The topological polar surface area (TPSA) is 12.9 Å². The van der Waals surface area contributed by atoms with Crippen LogP contribution in [0, 0.1) is 0 Å². The Labute approximate surface area is 231 Å². The average Bonchev–Trinajstić information content (AvgIpc) is 3.02. The summed E-state index contributed by atoms with van der Waals surface area (Å²) in [6.07, 6.45) is 14.2. The lowest BCUT2D eigenvalue weighted by atomic mass is 10.1. The SMILES string of the molecule is C=Cc1ccc(CC)cc1.C=Cc1cccc(CC)c1.C=Cc1ccccc1CC.C=Cc1ccncc1. The van der Waals surface area contributed by atoms with Crippen LogP contribution in [0.25, 0.3) is 24.3 Å². The second kappa shape index (κ2) is 19.9. The monoisotopic (exact) mass is 501 g/mol. The van der Waals surface area contributed by atoms with E-state index < -0.39 is 0 Å². The van der Waals surface area contributed by atoms with Crippen molar-refractivity contribution in [2.45, 2.75) is 40.0 Å². The predicted octanol–water partition coefficient (Wildman–Crippen LogP) is 10.4. The summed E-state index contributed by atoms with van der Waals surface area (Å²) in [6.45, 7) is 21.2. The van der Waals surface area contributed by atoms with Crippen molar-refractivity contribution in [1.29, 1.82) is 0 Å². The first-order valence-corrected chi connectivity index (χ1v) is 13.2. The summed E-state index contributed by atoms with van der Waals surface area (Å²) in [4.78, 5) is 3.85. The highest BCUT2D eigenvalue weighted by atomic mass is 14.6. The van der Waals surface area contributed by atoms with Gasteiger partial charge in [0.05, 0.1) is 0 Å². The average molecular weight is 502 g/mol. The van der Waals surface area contributed by atoms with Gasteiger partial charge in [0.2, 0.25) is 0 Å². The molecule has 1 heteroatoms. The smallest absolute Gasteiger partial charge is 0.0273 e. The Morgan fingerprint density at radius 2 is 1.11 bits per heavy atom. The second-order valence-corrected chi connectivity index (χ2v) is 8.34. The summed E-state index contributed by atoms with van der Waals surface area (Å²) in [5, 5.41) is 0. The molecule has 0 bridgehead atoms. The molecule has 38 heavy (non-hydrogen) atoms. The van der Waals surface area contributed by atoms with Crippen LogP contribution in [-0.4, -0.2) is 4.98 Å². The van der Waals surface area contributed by atoms with Crippen LogP contribution in [0.3, 0.4) is 0 Å². The van der Waals surface area contributed by atoms with E-state index in [0.717, 1.165) is 24.8 Å². The maximum absolute atomic E-state index is 3.85. The Bertz CT molecular complexity index is 1220. The van der Waals surface area contributed by atoms with Crippen molar-refractivity contribution in [2.24, 2.45) is 0 Å². The Morgan fingerprint density at radius 3 is 1.58 bits per heavy atom. The zero-order valence-corrected chi connectivity index (χ0v) is 23.4. The van der Waals surface area contributed by atoms with Gasteiger partial charge in [-0.1, -0.05) is 144 Å². The van der Waals surface area contributed by atoms with Gasteiger partial charge >= 0.3 is 0 Å².